The van der Waals surface area contributed by atoms with Crippen molar-refractivity contribution in [2.24, 2.45) is 0 Å². The van der Waals surface area contributed by atoms with Crippen LogP contribution in [-0.4, -0.2) is 49.5 Å². The van der Waals surface area contributed by atoms with Gasteiger partial charge >= 0.3 is 5.97 Å². The number of carbonyl (C=O) groups excluding carboxylic acids is 1. The van der Waals surface area contributed by atoms with Gasteiger partial charge in [0.05, 0.1) is 56.2 Å². The van der Waals surface area contributed by atoms with Crippen LogP contribution in [0.15, 0.2) is 152 Å². The van der Waals surface area contributed by atoms with Crippen LogP contribution in [-0.2, 0) is 28.4 Å². The smallest absolute Gasteiger partial charge is 0.338 e. The molecule has 0 saturated carbocycles. The van der Waals surface area contributed by atoms with Gasteiger partial charge in [-0.2, -0.15) is 0 Å². The Labute approximate surface area is 435 Å². The normalized spacial score (nSPS) is 13.6. The molecule has 382 valence electrons. The first-order valence-corrected chi connectivity index (χ1v) is 26.4. The molecule has 0 fully saturated rings. The highest BCUT2D eigenvalue weighted by Crippen LogP contribution is 2.34. The second-order valence-electron chi connectivity index (χ2n) is 21.0. The molecule has 0 unspecified atom stereocenters. The van der Waals surface area contributed by atoms with E-state index in [-0.39, 0.29) is 16.8 Å². The zero-order valence-corrected chi connectivity index (χ0v) is 44.4. The average molecular weight is 981 g/mol. The molecule has 0 atom stereocenters. The molecular formula is C65H76N2O6. The summed E-state index contributed by atoms with van der Waals surface area (Å²) in [6, 6.07) is 51.3. The van der Waals surface area contributed by atoms with E-state index in [1.807, 2.05) is 66.7 Å². The molecule has 8 heteroatoms. The van der Waals surface area contributed by atoms with Gasteiger partial charge in [0.1, 0.15) is 23.0 Å². The van der Waals surface area contributed by atoms with Gasteiger partial charge in [0, 0.05) is 11.3 Å². The van der Waals surface area contributed by atoms with Crippen LogP contribution in [0.4, 0.5) is 0 Å². The second-order valence-corrected chi connectivity index (χ2v) is 21.0. The maximum atomic E-state index is 12.2. The summed E-state index contributed by atoms with van der Waals surface area (Å²) < 4.78 is 29.0. The van der Waals surface area contributed by atoms with Crippen molar-refractivity contribution in [2.45, 2.75) is 123 Å². The number of nitrogens with zero attached hydrogens (tertiary/aromatic N) is 2. The topological polar surface area (TPSA) is 89.0 Å². The van der Waals surface area contributed by atoms with E-state index in [0.29, 0.717) is 24.5 Å². The predicted octanol–water partition coefficient (Wildman–Crippen LogP) is 16.1. The lowest BCUT2D eigenvalue weighted by molar-refractivity contribution is 0.0600. The third-order valence-electron chi connectivity index (χ3n) is 13.0. The average Bonchev–Trinajstić information content (AvgIpc) is 3.40. The summed E-state index contributed by atoms with van der Waals surface area (Å²) in [7, 11) is 1.39. The maximum absolute atomic E-state index is 12.2. The molecule has 8 nitrogen and oxygen atoms in total. The van der Waals surface area contributed by atoms with Crippen molar-refractivity contribution in [3.63, 3.8) is 0 Å². The lowest BCUT2D eigenvalue weighted by Crippen LogP contribution is -2.16. The van der Waals surface area contributed by atoms with Crippen LogP contribution >= 0.6 is 0 Å². The van der Waals surface area contributed by atoms with Crippen LogP contribution in [0.3, 0.4) is 0 Å². The molecule has 5 aromatic carbocycles. The monoisotopic (exact) mass is 981 g/mol. The maximum Gasteiger partial charge on any atom is 0.338 e. The van der Waals surface area contributed by atoms with Crippen molar-refractivity contribution in [1.29, 1.82) is 0 Å². The number of hydrogen-bond acceptors (Lipinski definition) is 8. The van der Waals surface area contributed by atoms with Crippen molar-refractivity contribution in [3.05, 3.63) is 180 Å². The molecule has 8 bridgehead atoms. The lowest BCUT2D eigenvalue weighted by atomic mass is 9.80. The molecule has 6 heterocycles. The quantitative estimate of drug-likeness (QED) is 0.104. The number of methoxy groups -OCH3 is 1. The van der Waals surface area contributed by atoms with E-state index < -0.39 is 0 Å². The molecule has 2 aromatic heterocycles. The number of rotatable bonds is 9. The highest BCUT2D eigenvalue weighted by Gasteiger charge is 2.21. The Hall–Kier alpha value is -6.93. The summed E-state index contributed by atoms with van der Waals surface area (Å²) in [5, 5.41) is 0. The van der Waals surface area contributed by atoms with Gasteiger partial charge < -0.3 is 23.7 Å². The van der Waals surface area contributed by atoms with Gasteiger partial charge in [-0.25, -0.2) is 9.78 Å². The van der Waals surface area contributed by atoms with Gasteiger partial charge in [-0.1, -0.05) is 128 Å². The molecule has 7 aromatic rings. The molecule has 0 N–H and O–H groups in total. The molecule has 0 spiro atoms. The van der Waals surface area contributed by atoms with Crippen LogP contribution in [0, 0.1) is 0 Å². The lowest BCUT2D eigenvalue weighted by Gasteiger charge is -2.26. The first-order valence-electron chi connectivity index (χ1n) is 26.4. The highest BCUT2D eigenvalue weighted by molar-refractivity contribution is 5.91. The number of aromatic nitrogens is 2. The van der Waals surface area contributed by atoms with E-state index >= 15 is 0 Å². The van der Waals surface area contributed by atoms with Gasteiger partial charge in [-0.15, -0.1) is 0 Å². The van der Waals surface area contributed by atoms with Crippen LogP contribution in [0.25, 0.3) is 33.8 Å². The number of esters is 1. The Morgan fingerprint density at radius 3 is 1.64 bits per heavy atom. The van der Waals surface area contributed by atoms with Crippen molar-refractivity contribution >= 4 is 5.97 Å². The van der Waals surface area contributed by atoms with E-state index in [2.05, 4.69) is 120 Å². The van der Waals surface area contributed by atoms with E-state index in [9.17, 15) is 4.79 Å². The number of unbranched alkanes of at least 4 members (excludes halogenated alkanes) is 1. The van der Waals surface area contributed by atoms with Gasteiger partial charge in [0.2, 0.25) is 0 Å². The SMILES string of the molecule is COC(=O)c1cc(OCCCCOc2cc(C(C)(C)C)cc(C(C)(C)C)c2)cc(-c2ccccc2)c1.c1cc2nc(c1)-c1cccc(n1)-c1ccc(cc1)OCCCCCCCCOc1ccc(cc1)CCC2. The van der Waals surface area contributed by atoms with Gasteiger partial charge in [0.15, 0.2) is 0 Å². The molecular weight excluding hydrogens is 905 g/mol. The number of pyridine rings is 2. The van der Waals surface area contributed by atoms with Crippen LogP contribution in [0.5, 0.6) is 23.0 Å². The number of benzene rings is 5. The first kappa shape index (κ1) is 53.9. The third kappa shape index (κ3) is 17.1. The Morgan fingerprint density at radius 2 is 1.04 bits per heavy atom. The fourth-order valence-electron chi connectivity index (χ4n) is 8.59. The summed E-state index contributed by atoms with van der Waals surface area (Å²) in [6.07, 6.45) is 11.8. The number of ether oxygens (including phenoxy) is 5. The molecule has 73 heavy (non-hydrogen) atoms. The second kappa shape index (κ2) is 26.7. The minimum atomic E-state index is -0.377. The van der Waals surface area contributed by atoms with E-state index in [1.54, 1.807) is 6.07 Å². The molecule has 11 rings (SSSR count). The zero-order chi connectivity index (χ0) is 51.5. The predicted molar refractivity (Wildman–Crippen MR) is 297 cm³/mol. The van der Waals surface area contributed by atoms with Gasteiger partial charge in [-0.05, 0) is 175 Å². The minimum Gasteiger partial charge on any atom is -0.494 e. The van der Waals surface area contributed by atoms with Gasteiger partial charge in [0.25, 0.3) is 0 Å². The fourth-order valence-corrected chi connectivity index (χ4v) is 8.59. The molecule has 4 aliphatic heterocycles. The van der Waals surface area contributed by atoms with E-state index in [1.165, 1.54) is 49.5 Å². The van der Waals surface area contributed by atoms with Crippen molar-refractivity contribution < 1.29 is 28.5 Å². The van der Waals surface area contributed by atoms with Crippen molar-refractivity contribution in [3.8, 4) is 56.8 Å². The summed E-state index contributed by atoms with van der Waals surface area (Å²) >= 11 is 0. The summed E-state index contributed by atoms with van der Waals surface area (Å²) in [6.45, 7) is 16.1. The van der Waals surface area contributed by atoms with E-state index in [0.717, 1.165) is 115 Å². The number of aryl methyl sites for hydroxylation is 2. The summed E-state index contributed by atoms with van der Waals surface area (Å²) in [4.78, 5) is 22.0. The Balaban J connectivity index is 0.000000214. The van der Waals surface area contributed by atoms with Crippen molar-refractivity contribution in [1.82, 2.24) is 9.97 Å². The van der Waals surface area contributed by atoms with Gasteiger partial charge in [-0.3, -0.25) is 4.98 Å². The number of hydrogen-bond donors (Lipinski definition) is 0. The van der Waals surface area contributed by atoms with Crippen LogP contribution in [0.1, 0.15) is 132 Å². The van der Waals surface area contributed by atoms with E-state index in [4.69, 9.17) is 33.7 Å². The number of carbonyl (C=O) groups is 1. The Bertz CT molecular complexity index is 2760. The standard InChI is InChI=1S/C33H36N2O2.C32H40O4/c1-2-4-6-25-37-30-22-18-27(19-23-30)31-13-9-15-33(35-31)32-14-8-12-28(34-32)11-7-10-26-16-20-29(21-17-26)36-24-5-3-1;1-31(2,3)26-20-27(32(4,5)6)22-29(21-26)36-16-12-11-15-35-28-18-24(23-13-9-8-10-14-23)17-25(19-28)30(33)34-7/h8-9,12-23H,1-7,10-11,24-25H2;8-10,13-14,17-22H,11-12,15-16H2,1-7H3. The minimum absolute atomic E-state index is 0.0601. The van der Waals surface area contributed by atoms with Crippen LogP contribution in [0.2, 0.25) is 0 Å². The van der Waals surface area contributed by atoms with Crippen LogP contribution < -0.4 is 18.9 Å². The molecule has 0 aliphatic carbocycles. The molecule has 0 radical (unpaired) electrons. The highest BCUT2D eigenvalue weighted by atomic mass is 16.5. The van der Waals surface area contributed by atoms with Crippen molar-refractivity contribution in [2.75, 3.05) is 33.5 Å². The molecule has 0 saturated heterocycles. The Kier molecular flexibility index (Phi) is 19.7. The first-order chi connectivity index (χ1) is 35.3. The largest absolute Gasteiger partial charge is 0.494 e. The fraction of sp³-hybridized carbons (Fsp3) is 0.369. The Morgan fingerprint density at radius 1 is 0.493 bits per heavy atom. The third-order valence-corrected chi connectivity index (χ3v) is 13.0. The summed E-state index contributed by atoms with van der Waals surface area (Å²) in [5.74, 6) is 3.09. The zero-order valence-electron chi connectivity index (χ0n) is 44.4. The summed E-state index contributed by atoms with van der Waals surface area (Å²) in [5.41, 5.74) is 11.4. The molecule has 4 aliphatic rings. The molecule has 0 amide bonds.